The van der Waals surface area contributed by atoms with Gasteiger partial charge in [0.1, 0.15) is 23.1 Å². The van der Waals surface area contributed by atoms with Gasteiger partial charge in [0.05, 0.1) is 17.1 Å². The molecule has 1 atom stereocenters. The van der Waals surface area contributed by atoms with Crippen molar-refractivity contribution in [3.8, 4) is 0 Å². The number of esters is 1. The largest absolute Gasteiger partial charge is 0.453 e. The van der Waals surface area contributed by atoms with Crippen molar-refractivity contribution in [2.75, 3.05) is 11.1 Å². The number of carbonyl (C=O) groups is 2. The molecule has 28 heavy (non-hydrogen) atoms. The maximum Gasteiger partial charge on any atom is 0.307 e. The molecule has 2 aromatic carbocycles. The number of sulfone groups is 1. The van der Waals surface area contributed by atoms with Crippen LogP contribution in [0.2, 0.25) is 0 Å². The normalized spacial score (nSPS) is 12.3. The fourth-order valence-corrected chi connectivity index (χ4v) is 3.35. The Kier molecular flexibility index (Phi) is 6.79. The molecule has 2 rings (SSSR count). The minimum atomic E-state index is -3.86. The van der Waals surface area contributed by atoms with E-state index >= 15 is 0 Å². The zero-order valence-electron chi connectivity index (χ0n) is 14.6. The fraction of sp³-hybridized carbons (Fsp3) is 0.222. The first kappa shape index (κ1) is 21.4. The molecule has 10 heteroatoms. The quantitative estimate of drug-likeness (QED) is 0.555. The molecule has 0 saturated carbocycles. The number of hydrogen-bond acceptors (Lipinski definition) is 5. The molecule has 0 radical (unpaired) electrons. The summed E-state index contributed by atoms with van der Waals surface area (Å²) < 4.78 is 68.9. The minimum Gasteiger partial charge on any atom is -0.453 e. The Hall–Kier alpha value is -2.88. The first-order chi connectivity index (χ1) is 13.1. The van der Waals surface area contributed by atoms with Crippen LogP contribution in [-0.2, 0) is 24.2 Å². The highest BCUT2D eigenvalue weighted by molar-refractivity contribution is 7.91. The van der Waals surface area contributed by atoms with Gasteiger partial charge in [0.2, 0.25) is 0 Å². The van der Waals surface area contributed by atoms with E-state index in [-0.39, 0.29) is 4.90 Å². The Labute approximate surface area is 159 Å². The molecule has 0 bridgehead atoms. The van der Waals surface area contributed by atoms with E-state index < -0.39 is 63.1 Å². The van der Waals surface area contributed by atoms with Crippen molar-refractivity contribution in [2.24, 2.45) is 0 Å². The summed E-state index contributed by atoms with van der Waals surface area (Å²) in [6, 6.07) is 7.07. The number of hydrogen-bond donors (Lipinski definition) is 1. The predicted molar refractivity (Wildman–Crippen MR) is 93.6 cm³/mol. The summed E-state index contributed by atoms with van der Waals surface area (Å²) in [5.41, 5.74) is -0.686. The van der Waals surface area contributed by atoms with Gasteiger partial charge in [-0.25, -0.2) is 21.6 Å². The van der Waals surface area contributed by atoms with Crippen LogP contribution in [0.15, 0.2) is 47.4 Å². The van der Waals surface area contributed by atoms with E-state index in [4.69, 9.17) is 4.74 Å². The Morgan fingerprint density at radius 2 is 1.61 bits per heavy atom. The van der Waals surface area contributed by atoms with Gasteiger partial charge in [-0.1, -0.05) is 6.07 Å². The molecule has 0 fully saturated rings. The zero-order chi connectivity index (χ0) is 20.9. The second-order valence-electron chi connectivity index (χ2n) is 5.74. The smallest absolute Gasteiger partial charge is 0.307 e. The Balaban J connectivity index is 1.91. The lowest BCUT2D eigenvalue weighted by Gasteiger charge is -2.14. The van der Waals surface area contributed by atoms with Crippen molar-refractivity contribution >= 4 is 27.4 Å². The number of ether oxygens (including phenoxy) is 1. The van der Waals surface area contributed by atoms with E-state index in [1.807, 2.05) is 5.32 Å². The van der Waals surface area contributed by atoms with Crippen LogP contribution in [0.4, 0.5) is 18.9 Å². The third-order valence-electron chi connectivity index (χ3n) is 3.64. The van der Waals surface area contributed by atoms with Gasteiger partial charge >= 0.3 is 5.97 Å². The monoisotopic (exact) mass is 415 g/mol. The van der Waals surface area contributed by atoms with Gasteiger partial charge in [0, 0.05) is 0 Å². The Morgan fingerprint density at radius 1 is 1.04 bits per heavy atom. The molecule has 1 amide bonds. The Morgan fingerprint density at radius 3 is 2.18 bits per heavy atom. The molecule has 0 heterocycles. The summed E-state index contributed by atoms with van der Waals surface area (Å²) in [6.45, 7) is 1.17. The van der Waals surface area contributed by atoms with Crippen molar-refractivity contribution in [1.82, 2.24) is 0 Å². The molecule has 0 unspecified atom stereocenters. The molecular formula is C18H16F3NO5S. The number of para-hydroxylation sites is 1. The van der Waals surface area contributed by atoms with Gasteiger partial charge in [-0.3, -0.25) is 9.59 Å². The molecule has 1 N–H and O–H groups in total. The number of halogens is 3. The van der Waals surface area contributed by atoms with Crippen molar-refractivity contribution in [3.63, 3.8) is 0 Å². The summed E-state index contributed by atoms with van der Waals surface area (Å²) in [5.74, 6) is -5.21. The minimum absolute atomic E-state index is 0.164. The number of rotatable bonds is 7. The maximum absolute atomic E-state index is 13.5. The van der Waals surface area contributed by atoms with Crippen molar-refractivity contribution in [3.05, 3.63) is 59.9 Å². The predicted octanol–water partition coefficient (Wildman–Crippen LogP) is 2.84. The summed E-state index contributed by atoms with van der Waals surface area (Å²) >= 11 is 0. The number of anilines is 1. The highest BCUT2D eigenvalue weighted by atomic mass is 32.2. The third kappa shape index (κ3) is 5.56. The SMILES string of the molecule is C[C@@H](OC(=O)CCS(=O)(=O)c1ccc(F)cc1)C(=O)Nc1c(F)cccc1F. The average Bonchev–Trinajstić information content (AvgIpc) is 2.63. The van der Waals surface area contributed by atoms with Crippen molar-refractivity contribution < 1.29 is 35.9 Å². The summed E-state index contributed by atoms with van der Waals surface area (Å²) in [7, 11) is -3.86. The van der Waals surface area contributed by atoms with E-state index in [2.05, 4.69) is 0 Å². The summed E-state index contributed by atoms with van der Waals surface area (Å²) in [4.78, 5) is 23.6. The highest BCUT2D eigenvalue weighted by Crippen LogP contribution is 2.18. The van der Waals surface area contributed by atoms with Crippen LogP contribution in [0.3, 0.4) is 0 Å². The molecule has 0 saturated heterocycles. The van der Waals surface area contributed by atoms with Crippen molar-refractivity contribution in [1.29, 1.82) is 0 Å². The lowest BCUT2D eigenvalue weighted by Crippen LogP contribution is -2.31. The second kappa shape index (κ2) is 8.87. The molecule has 2 aromatic rings. The summed E-state index contributed by atoms with van der Waals surface area (Å²) in [5, 5.41) is 1.97. The lowest BCUT2D eigenvalue weighted by atomic mass is 10.2. The number of carbonyl (C=O) groups excluding carboxylic acids is 2. The average molecular weight is 415 g/mol. The van der Waals surface area contributed by atoms with Gasteiger partial charge in [-0.15, -0.1) is 0 Å². The van der Waals surface area contributed by atoms with Gasteiger partial charge in [0.15, 0.2) is 15.9 Å². The van der Waals surface area contributed by atoms with E-state index in [1.54, 1.807) is 0 Å². The van der Waals surface area contributed by atoms with E-state index in [0.29, 0.717) is 0 Å². The molecule has 6 nitrogen and oxygen atoms in total. The molecule has 150 valence electrons. The number of benzene rings is 2. The van der Waals surface area contributed by atoms with Crippen LogP contribution in [0.25, 0.3) is 0 Å². The van der Waals surface area contributed by atoms with Gasteiger partial charge < -0.3 is 10.1 Å². The molecule has 0 spiro atoms. The second-order valence-corrected chi connectivity index (χ2v) is 7.85. The van der Waals surface area contributed by atoms with Crippen LogP contribution < -0.4 is 5.32 Å². The van der Waals surface area contributed by atoms with Gasteiger partial charge in [-0.05, 0) is 43.3 Å². The number of amides is 1. The lowest BCUT2D eigenvalue weighted by molar-refractivity contribution is -0.152. The third-order valence-corrected chi connectivity index (χ3v) is 5.37. The molecule has 0 aliphatic carbocycles. The standard InChI is InChI=1S/C18H16F3NO5S/c1-11(18(24)22-17-14(20)3-2-4-15(17)21)27-16(23)9-10-28(25,26)13-7-5-12(19)6-8-13/h2-8,11H,9-10H2,1H3,(H,22,24)/t11-/m1/s1. The molecule has 0 aliphatic rings. The van der Waals surface area contributed by atoms with Gasteiger partial charge in [-0.2, -0.15) is 0 Å². The van der Waals surface area contributed by atoms with Crippen LogP contribution >= 0.6 is 0 Å². The van der Waals surface area contributed by atoms with Crippen LogP contribution in [0, 0.1) is 17.5 Å². The molecular weight excluding hydrogens is 399 g/mol. The Bertz CT molecular complexity index is 957. The first-order valence-corrected chi connectivity index (χ1v) is 9.68. The fourth-order valence-electron chi connectivity index (χ4n) is 2.13. The van der Waals surface area contributed by atoms with Crippen LogP contribution in [-0.4, -0.2) is 32.2 Å². The molecule has 0 aliphatic heterocycles. The maximum atomic E-state index is 13.5. The molecule has 0 aromatic heterocycles. The van der Waals surface area contributed by atoms with Crippen molar-refractivity contribution in [2.45, 2.75) is 24.3 Å². The zero-order valence-corrected chi connectivity index (χ0v) is 15.4. The highest BCUT2D eigenvalue weighted by Gasteiger charge is 2.23. The van der Waals surface area contributed by atoms with E-state index in [9.17, 15) is 31.2 Å². The van der Waals surface area contributed by atoms with E-state index in [1.165, 1.54) is 6.92 Å². The number of nitrogens with one attached hydrogen (secondary N) is 1. The first-order valence-electron chi connectivity index (χ1n) is 8.03. The summed E-state index contributed by atoms with van der Waals surface area (Å²) in [6.07, 6.45) is -1.98. The van der Waals surface area contributed by atoms with Crippen LogP contribution in [0.5, 0.6) is 0 Å². The van der Waals surface area contributed by atoms with Gasteiger partial charge in [0.25, 0.3) is 5.91 Å². The topological polar surface area (TPSA) is 89.5 Å². The van der Waals surface area contributed by atoms with E-state index in [0.717, 1.165) is 42.5 Å². The van der Waals surface area contributed by atoms with Crippen LogP contribution in [0.1, 0.15) is 13.3 Å².